The van der Waals surface area contributed by atoms with Crippen LogP contribution >= 0.6 is 0 Å². The number of rotatable bonds is 8. The minimum atomic E-state index is -0.762. The van der Waals surface area contributed by atoms with Gasteiger partial charge < -0.3 is 10.1 Å². The highest BCUT2D eigenvalue weighted by atomic mass is 16.4. The Labute approximate surface area is 188 Å². The maximum Gasteiger partial charge on any atom is 0.309 e. The first kappa shape index (κ1) is 21.5. The van der Waals surface area contributed by atoms with Crippen LogP contribution in [-0.2, 0) is 17.6 Å². The number of aromatic nitrogens is 3. The largest absolute Gasteiger partial charge is 0.481 e. The molecule has 0 fully saturated rings. The van der Waals surface area contributed by atoms with Crippen molar-refractivity contribution in [3.63, 3.8) is 0 Å². The van der Waals surface area contributed by atoms with E-state index in [0.717, 1.165) is 46.7 Å². The zero-order valence-electron chi connectivity index (χ0n) is 18.4. The molecule has 0 spiro atoms. The zero-order valence-corrected chi connectivity index (χ0v) is 18.4. The molecule has 0 amide bonds. The summed E-state index contributed by atoms with van der Waals surface area (Å²) in [5, 5.41) is 9.27. The summed E-state index contributed by atoms with van der Waals surface area (Å²) in [6, 6.07) is 22.5. The van der Waals surface area contributed by atoms with Crippen LogP contribution in [0.4, 0.5) is 0 Å². The molecule has 0 aliphatic carbocycles. The van der Waals surface area contributed by atoms with Crippen LogP contribution < -0.4 is 0 Å². The number of nitrogens with zero attached hydrogens (tertiary/aromatic N) is 2. The van der Waals surface area contributed by atoms with E-state index in [-0.39, 0.29) is 0 Å². The summed E-state index contributed by atoms with van der Waals surface area (Å²) in [5.74, 6) is 0.0496. The number of benzene rings is 2. The third-order valence-corrected chi connectivity index (χ3v) is 5.77. The van der Waals surface area contributed by atoms with Crippen LogP contribution in [0.25, 0.3) is 22.6 Å². The molecule has 4 rings (SSSR count). The molecule has 0 atom stereocenters. The van der Waals surface area contributed by atoms with Gasteiger partial charge in [-0.2, -0.15) is 0 Å². The van der Waals surface area contributed by atoms with Gasteiger partial charge in [0.15, 0.2) is 0 Å². The number of carbonyl (C=O) groups is 1. The Morgan fingerprint density at radius 1 is 0.875 bits per heavy atom. The fraction of sp³-hybridized carbons (Fsp3) is 0.222. The van der Waals surface area contributed by atoms with Crippen LogP contribution in [0.1, 0.15) is 37.1 Å². The van der Waals surface area contributed by atoms with Crippen LogP contribution in [-0.4, -0.2) is 26.0 Å². The van der Waals surface area contributed by atoms with E-state index in [0.29, 0.717) is 6.42 Å². The average Bonchev–Trinajstić information content (AvgIpc) is 3.27. The Morgan fingerprint density at radius 2 is 1.59 bits per heavy atom. The summed E-state index contributed by atoms with van der Waals surface area (Å²) in [7, 11) is 0. The van der Waals surface area contributed by atoms with Gasteiger partial charge in [0.2, 0.25) is 0 Å². The number of carboxylic acid groups (broad SMARTS) is 1. The molecule has 2 heterocycles. The number of imidazole rings is 1. The van der Waals surface area contributed by atoms with E-state index in [4.69, 9.17) is 0 Å². The number of hydrogen-bond donors (Lipinski definition) is 2. The van der Waals surface area contributed by atoms with E-state index in [1.165, 1.54) is 5.56 Å². The molecule has 0 unspecified atom stereocenters. The Balaban J connectivity index is 1.41. The second kappa shape index (κ2) is 9.18. The Hall–Kier alpha value is -3.73. The molecule has 0 aliphatic heterocycles. The molecule has 162 valence electrons. The predicted octanol–water partition coefficient (Wildman–Crippen LogP) is 5.77. The van der Waals surface area contributed by atoms with Crippen molar-refractivity contribution in [2.45, 2.75) is 33.1 Å². The van der Waals surface area contributed by atoms with Gasteiger partial charge in [0.25, 0.3) is 0 Å². The summed E-state index contributed by atoms with van der Waals surface area (Å²) in [6.07, 6.45) is 5.86. The first-order valence-electron chi connectivity index (χ1n) is 10.8. The maximum atomic E-state index is 11.3. The lowest BCUT2D eigenvalue weighted by atomic mass is 9.86. The van der Waals surface area contributed by atoms with Crippen molar-refractivity contribution in [2.24, 2.45) is 5.41 Å². The Kier molecular flexibility index (Phi) is 6.17. The highest BCUT2D eigenvalue weighted by molar-refractivity contribution is 5.73. The van der Waals surface area contributed by atoms with E-state index in [2.05, 4.69) is 27.1 Å². The van der Waals surface area contributed by atoms with Gasteiger partial charge in [-0.3, -0.25) is 9.78 Å². The lowest BCUT2D eigenvalue weighted by Gasteiger charge is -2.18. The highest BCUT2D eigenvalue weighted by Gasteiger charge is 2.26. The molecule has 2 aromatic carbocycles. The average molecular weight is 426 g/mol. The molecule has 2 N–H and O–H groups in total. The summed E-state index contributed by atoms with van der Waals surface area (Å²) in [5.41, 5.74) is 5.58. The van der Waals surface area contributed by atoms with Crippen molar-refractivity contribution in [3.05, 3.63) is 95.9 Å². The van der Waals surface area contributed by atoms with E-state index < -0.39 is 11.4 Å². The highest BCUT2D eigenvalue weighted by Crippen LogP contribution is 2.25. The van der Waals surface area contributed by atoms with Crippen molar-refractivity contribution in [1.82, 2.24) is 15.0 Å². The normalized spacial score (nSPS) is 11.4. The molecular formula is C27H27N3O2. The van der Waals surface area contributed by atoms with Crippen molar-refractivity contribution < 1.29 is 9.90 Å². The maximum absolute atomic E-state index is 11.3. The van der Waals surface area contributed by atoms with Gasteiger partial charge in [0.05, 0.1) is 11.1 Å². The second-order valence-corrected chi connectivity index (χ2v) is 8.74. The number of carboxylic acids is 1. The molecule has 0 saturated heterocycles. The first-order chi connectivity index (χ1) is 15.4. The van der Waals surface area contributed by atoms with Crippen LogP contribution in [0.2, 0.25) is 0 Å². The summed E-state index contributed by atoms with van der Waals surface area (Å²) >= 11 is 0. The quantitative estimate of drug-likeness (QED) is 0.375. The number of aromatic amines is 1. The van der Waals surface area contributed by atoms with E-state index in [1.54, 1.807) is 13.8 Å². The molecule has 4 aromatic rings. The number of H-pyrrole nitrogens is 1. The minimum Gasteiger partial charge on any atom is -0.481 e. The Morgan fingerprint density at radius 3 is 2.25 bits per heavy atom. The molecule has 0 radical (unpaired) electrons. The topological polar surface area (TPSA) is 78.9 Å². The summed E-state index contributed by atoms with van der Waals surface area (Å²) in [4.78, 5) is 23.8. The van der Waals surface area contributed by atoms with Crippen LogP contribution in [0.5, 0.6) is 0 Å². The van der Waals surface area contributed by atoms with Gasteiger partial charge >= 0.3 is 5.97 Å². The first-order valence-corrected chi connectivity index (χ1v) is 10.8. The molecule has 0 saturated carbocycles. The van der Waals surface area contributed by atoms with Gasteiger partial charge in [0, 0.05) is 35.6 Å². The van der Waals surface area contributed by atoms with E-state index in [1.807, 2.05) is 67.0 Å². The molecular weight excluding hydrogens is 398 g/mol. The fourth-order valence-corrected chi connectivity index (χ4v) is 3.52. The van der Waals surface area contributed by atoms with Crippen LogP contribution in [0.3, 0.4) is 0 Å². The van der Waals surface area contributed by atoms with Gasteiger partial charge in [-0.25, -0.2) is 4.98 Å². The van der Waals surface area contributed by atoms with Gasteiger partial charge in [-0.05, 0) is 49.9 Å². The summed E-state index contributed by atoms with van der Waals surface area (Å²) < 4.78 is 0. The summed E-state index contributed by atoms with van der Waals surface area (Å²) in [6.45, 7) is 3.53. The third-order valence-electron chi connectivity index (χ3n) is 5.77. The molecule has 0 aliphatic rings. The standard InChI is InChI=1S/C27H27N3O2/c1-27(2,26(31)32)15-14-19-8-10-21(11-9-19)24-13-12-22(17-28-24)25-29-18-23(30-25)16-20-6-4-3-5-7-20/h3-13,17-18H,14-16H2,1-2H3,(H,29,30)(H,31,32). The number of hydrogen-bond acceptors (Lipinski definition) is 3. The van der Waals surface area contributed by atoms with Crippen molar-refractivity contribution in [3.8, 4) is 22.6 Å². The third kappa shape index (κ3) is 5.11. The number of aliphatic carboxylic acids is 1. The van der Waals surface area contributed by atoms with E-state index in [9.17, 15) is 9.90 Å². The zero-order chi connectivity index (χ0) is 22.6. The lowest BCUT2D eigenvalue weighted by Crippen LogP contribution is -2.24. The van der Waals surface area contributed by atoms with Crippen molar-refractivity contribution >= 4 is 5.97 Å². The van der Waals surface area contributed by atoms with Crippen LogP contribution in [0.15, 0.2) is 79.1 Å². The molecule has 2 aromatic heterocycles. The van der Waals surface area contributed by atoms with Gasteiger partial charge in [-0.15, -0.1) is 0 Å². The smallest absolute Gasteiger partial charge is 0.309 e. The minimum absolute atomic E-state index is 0.601. The second-order valence-electron chi connectivity index (χ2n) is 8.74. The lowest BCUT2D eigenvalue weighted by molar-refractivity contribution is -0.147. The SMILES string of the molecule is CC(C)(CCc1ccc(-c2ccc(-c3ncc(Cc4ccccc4)[nH]3)cn2)cc1)C(=O)O. The fourth-order valence-electron chi connectivity index (χ4n) is 3.52. The predicted molar refractivity (Wildman–Crippen MR) is 126 cm³/mol. The number of nitrogens with one attached hydrogen (secondary N) is 1. The monoisotopic (exact) mass is 425 g/mol. The van der Waals surface area contributed by atoms with Gasteiger partial charge in [0.1, 0.15) is 5.82 Å². The Bertz CT molecular complexity index is 1180. The molecule has 5 heteroatoms. The van der Waals surface area contributed by atoms with Crippen molar-refractivity contribution in [2.75, 3.05) is 0 Å². The molecule has 0 bridgehead atoms. The van der Waals surface area contributed by atoms with Crippen molar-refractivity contribution in [1.29, 1.82) is 0 Å². The number of pyridine rings is 1. The molecule has 32 heavy (non-hydrogen) atoms. The molecule has 5 nitrogen and oxygen atoms in total. The number of aryl methyl sites for hydroxylation is 1. The van der Waals surface area contributed by atoms with Gasteiger partial charge in [-0.1, -0.05) is 54.6 Å². The van der Waals surface area contributed by atoms with E-state index >= 15 is 0 Å². The van der Waals surface area contributed by atoms with Crippen LogP contribution in [0, 0.1) is 5.41 Å².